The Hall–Kier alpha value is -2.66. The van der Waals surface area contributed by atoms with E-state index in [9.17, 15) is 13.6 Å². The van der Waals surface area contributed by atoms with Gasteiger partial charge in [-0.25, -0.2) is 4.79 Å². The third-order valence-corrected chi connectivity index (χ3v) is 10.2. The van der Waals surface area contributed by atoms with E-state index in [4.69, 9.17) is 4.74 Å². The molecular weight excluding hydrogens is 486 g/mol. The van der Waals surface area contributed by atoms with Gasteiger partial charge in [-0.2, -0.15) is 8.78 Å². The molecule has 3 aromatic rings. The Bertz CT molecular complexity index is 1030. The number of carbonyl (C=O) groups excluding carboxylic acids is 1. The predicted molar refractivity (Wildman–Crippen MR) is 144 cm³/mol. The van der Waals surface area contributed by atoms with Gasteiger partial charge in [0.2, 0.25) is 0 Å². The van der Waals surface area contributed by atoms with Gasteiger partial charge in [-0.15, -0.1) is 0 Å². The maximum atomic E-state index is 12.8. The van der Waals surface area contributed by atoms with Gasteiger partial charge in [-0.1, -0.05) is 54.6 Å². The van der Waals surface area contributed by atoms with Crippen molar-refractivity contribution < 1.29 is 18.3 Å². The minimum absolute atomic E-state index is 0.0146. The standard InChI is InChI=1S/C18H15S.C14H20F2O2/c1-4-10-16(11-5-1)19(17-12-6-2-7-13-17)18-14-8-3-9-15-18;1-13(15,16)12(17)18-8-14-5-9-2-10(6-14)4-11(3-9)7-14/h1-15H;9-11H,2-8H2,1H3/q+1;. The van der Waals surface area contributed by atoms with Crippen molar-refractivity contribution >= 4 is 16.9 Å². The highest BCUT2D eigenvalue weighted by molar-refractivity contribution is 7.97. The Morgan fingerprint density at radius 2 is 1.11 bits per heavy atom. The van der Waals surface area contributed by atoms with Crippen molar-refractivity contribution in [1.82, 2.24) is 0 Å². The number of halogens is 2. The van der Waals surface area contributed by atoms with Crippen LogP contribution < -0.4 is 0 Å². The molecule has 4 bridgehead atoms. The quantitative estimate of drug-likeness (QED) is 0.241. The molecular formula is C32H35F2O2S+. The summed E-state index contributed by atoms with van der Waals surface area (Å²) in [6.45, 7) is 0.813. The van der Waals surface area contributed by atoms with E-state index in [1.165, 1.54) is 33.9 Å². The van der Waals surface area contributed by atoms with E-state index in [1.807, 2.05) is 0 Å². The monoisotopic (exact) mass is 521 g/mol. The van der Waals surface area contributed by atoms with Crippen LogP contribution in [0.1, 0.15) is 45.4 Å². The van der Waals surface area contributed by atoms with Crippen LogP contribution in [0.3, 0.4) is 0 Å². The van der Waals surface area contributed by atoms with Crippen molar-refractivity contribution in [2.45, 2.75) is 66.1 Å². The minimum atomic E-state index is -3.36. The second-order valence-corrected chi connectivity index (χ2v) is 13.2. The molecule has 37 heavy (non-hydrogen) atoms. The predicted octanol–water partition coefficient (Wildman–Crippen LogP) is 8.18. The topological polar surface area (TPSA) is 26.3 Å². The number of rotatable bonds is 6. The van der Waals surface area contributed by atoms with Crippen LogP contribution in [0.2, 0.25) is 0 Å². The lowest BCUT2D eigenvalue weighted by atomic mass is 9.50. The molecule has 0 amide bonds. The molecule has 0 spiro atoms. The third-order valence-electron chi connectivity index (χ3n) is 7.97. The first-order chi connectivity index (χ1) is 17.8. The van der Waals surface area contributed by atoms with Crippen LogP contribution in [-0.2, 0) is 20.4 Å². The molecule has 0 unspecified atom stereocenters. The lowest BCUT2D eigenvalue weighted by Crippen LogP contribution is -2.49. The zero-order valence-corrected chi connectivity index (χ0v) is 22.1. The molecule has 0 heterocycles. The van der Waals surface area contributed by atoms with Crippen molar-refractivity contribution in [3.63, 3.8) is 0 Å². The van der Waals surface area contributed by atoms with Gasteiger partial charge in [-0.3, -0.25) is 0 Å². The summed E-state index contributed by atoms with van der Waals surface area (Å²) >= 11 is 0. The van der Waals surface area contributed by atoms with Gasteiger partial charge in [0.25, 0.3) is 0 Å². The number of esters is 1. The van der Waals surface area contributed by atoms with Crippen LogP contribution in [-0.4, -0.2) is 18.5 Å². The fraction of sp³-hybridized carbons (Fsp3) is 0.406. The minimum Gasteiger partial charge on any atom is -0.461 e. The summed E-state index contributed by atoms with van der Waals surface area (Å²) in [7, 11) is -0.0146. The molecule has 194 valence electrons. The van der Waals surface area contributed by atoms with E-state index in [2.05, 4.69) is 91.0 Å². The number of ether oxygens (including phenoxy) is 1. The lowest BCUT2D eigenvalue weighted by Gasteiger charge is -2.56. The lowest BCUT2D eigenvalue weighted by molar-refractivity contribution is -0.179. The summed E-state index contributed by atoms with van der Waals surface area (Å²) in [5, 5.41) is 0. The molecule has 4 fully saturated rings. The van der Waals surface area contributed by atoms with Crippen LogP contribution in [0.25, 0.3) is 0 Å². The van der Waals surface area contributed by atoms with Gasteiger partial charge in [0.1, 0.15) is 0 Å². The summed E-state index contributed by atoms with van der Waals surface area (Å²) < 4.78 is 30.5. The number of alkyl halides is 2. The third kappa shape index (κ3) is 6.26. The molecule has 4 aliphatic rings. The average molecular weight is 522 g/mol. The fourth-order valence-electron chi connectivity index (χ4n) is 6.89. The Balaban J connectivity index is 0.000000152. The molecule has 7 rings (SSSR count). The summed E-state index contributed by atoms with van der Waals surface area (Å²) in [5.41, 5.74) is 0.0235. The first kappa shape index (κ1) is 26.0. The smallest absolute Gasteiger partial charge is 0.376 e. The molecule has 0 aromatic heterocycles. The van der Waals surface area contributed by atoms with Crippen LogP contribution in [0.5, 0.6) is 0 Å². The number of hydrogen-bond donors (Lipinski definition) is 0. The Kier molecular flexibility index (Phi) is 7.71. The molecule has 2 nitrogen and oxygen atoms in total. The second-order valence-electron chi connectivity index (χ2n) is 11.1. The highest BCUT2D eigenvalue weighted by Crippen LogP contribution is 2.60. The zero-order chi connectivity index (χ0) is 25.9. The summed E-state index contributed by atoms with van der Waals surface area (Å²) in [4.78, 5) is 15.3. The van der Waals surface area contributed by atoms with Crippen LogP contribution in [0.4, 0.5) is 8.78 Å². The van der Waals surface area contributed by atoms with E-state index >= 15 is 0 Å². The highest BCUT2D eigenvalue weighted by atomic mass is 32.2. The molecule has 3 aromatic carbocycles. The molecule has 4 aliphatic carbocycles. The van der Waals surface area contributed by atoms with E-state index in [0.29, 0.717) is 6.92 Å². The largest absolute Gasteiger partial charge is 0.461 e. The second kappa shape index (κ2) is 11.0. The highest BCUT2D eigenvalue weighted by Gasteiger charge is 2.52. The Morgan fingerprint density at radius 3 is 1.43 bits per heavy atom. The van der Waals surface area contributed by atoms with E-state index < -0.39 is 11.9 Å². The van der Waals surface area contributed by atoms with Crippen molar-refractivity contribution in [3.05, 3.63) is 91.0 Å². The number of carbonyl (C=O) groups is 1. The SMILES string of the molecule is CC(F)(F)C(=O)OCC12CC3CC(CC(C3)C1)C2.c1ccc([S+](c2ccccc2)c2ccccc2)cc1. The molecule has 0 N–H and O–H groups in total. The molecule has 0 aliphatic heterocycles. The van der Waals surface area contributed by atoms with Gasteiger partial charge in [0, 0.05) is 12.3 Å². The van der Waals surface area contributed by atoms with E-state index in [-0.39, 0.29) is 22.9 Å². The maximum absolute atomic E-state index is 12.8. The molecule has 4 saturated carbocycles. The van der Waals surface area contributed by atoms with Crippen molar-refractivity contribution in [3.8, 4) is 0 Å². The first-order valence-electron chi connectivity index (χ1n) is 13.3. The van der Waals surface area contributed by atoms with Crippen molar-refractivity contribution in [2.75, 3.05) is 6.61 Å². The van der Waals surface area contributed by atoms with Crippen LogP contribution in [0.15, 0.2) is 106 Å². The molecule has 0 atom stereocenters. The number of benzene rings is 3. The van der Waals surface area contributed by atoms with Crippen molar-refractivity contribution in [2.24, 2.45) is 23.2 Å². The average Bonchev–Trinajstić information content (AvgIpc) is 2.88. The maximum Gasteiger partial charge on any atom is 0.376 e. The van der Waals surface area contributed by atoms with E-state index in [0.717, 1.165) is 37.0 Å². The van der Waals surface area contributed by atoms with E-state index in [1.54, 1.807) is 0 Å². The Labute approximate surface area is 221 Å². The molecule has 0 saturated heterocycles. The van der Waals surface area contributed by atoms with Crippen LogP contribution in [0, 0.1) is 23.2 Å². The zero-order valence-electron chi connectivity index (χ0n) is 21.3. The Morgan fingerprint density at radius 1 is 0.757 bits per heavy atom. The first-order valence-corrected chi connectivity index (χ1v) is 14.5. The summed E-state index contributed by atoms with van der Waals surface area (Å²) in [6, 6.07) is 32.2. The van der Waals surface area contributed by atoms with Gasteiger partial charge in [0.05, 0.1) is 17.5 Å². The fourth-order valence-corrected chi connectivity index (χ4v) is 8.99. The van der Waals surface area contributed by atoms with Gasteiger partial charge in [-0.05, 0) is 92.7 Å². The summed E-state index contributed by atoms with van der Waals surface area (Å²) in [5.74, 6) is -2.48. The molecule has 0 radical (unpaired) electrons. The normalized spacial score (nSPS) is 25.9. The van der Waals surface area contributed by atoms with Gasteiger partial charge < -0.3 is 4.74 Å². The van der Waals surface area contributed by atoms with Gasteiger partial charge >= 0.3 is 11.9 Å². The van der Waals surface area contributed by atoms with Crippen LogP contribution >= 0.6 is 0 Å². The van der Waals surface area contributed by atoms with Crippen molar-refractivity contribution in [1.29, 1.82) is 0 Å². The van der Waals surface area contributed by atoms with Gasteiger partial charge in [0.15, 0.2) is 14.7 Å². The summed E-state index contributed by atoms with van der Waals surface area (Å²) in [6.07, 6.45) is 7.12. The molecule has 5 heteroatoms. The number of hydrogen-bond acceptors (Lipinski definition) is 2.